The number of anilines is 1. The second kappa shape index (κ2) is 10.4. The number of thioether (sulfide) groups is 1. The van der Waals surface area contributed by atoms with Crippen LogP contribution in [0.4, 0.5) is 15.5 Å². The van der Waals surface area contributed by atoms with Crippen LogP contribution in [-0.2, 0) is 21.4 Å². The number of rotatable bonds is 4. The van der Waals surface area contributed by atoms with E-state index in [0.29, 0.717) is 21.8 Å². The highest BCUT2D eigenvalue weighted by Gasteiger charge is 2.55. The van der Waals surface area contributed by atoms with E-state index in [1.165, 1.54) is 11.8 Å². The second-order valence-corrected chi connectivity index (χ2v) is 13.9. The Bertz CT molecular complexity index is 1540. The highest BCUT2D eigenvalue weighted by atomic mass is 32.2. The molecule has 0 aromatic carbocycles. The molecule has 12 nitrogen and oxygen atoms in total. The maximum atomic E-state index is 13.4. The Hall–Kier alpha value is -3.45. The average molecular weight is 599 g/mol. The molecule has 2 amide bonds. The van der Waals surface area contributed by atoms with Crippen molar-refractivity contribution >= 4 is 40.9 Å². The summed E-state index contributed by atoms with van der Waals surface area (Å²) in [6.07, 6.45) is 0.760. The number of aromatic nitrogens is 5. The van der Waals surface area contributed by atoms with Gasteiger partial charge in [-0.15, -0.1) is 16.7 Å². The molecule has 0 bridgehead atoms. The van der Waals surface area contributed by atoms with Crippen molar-refractivity contribution in [2.75, 3.05) is 17.8 Å². The molecule has 0 saturated heterocycles. The molecular weight excluding hydrogens is 560 g/mol. The lowest BCUT2D eigenvalue weighted by Gasteiger charge is -2.27. The van der Waals surface area contributed by atoms with Crippen molar-refractivity contribution in [1.82, 2.24) is 24.7 Å². The summed E-state index contributed by atoms with van der Waals surface area (Å²) in [6, 6.07) is 0. The third kappa shape index (κ3) is 5.51. The molecule has 1 aliphatic carbocycles. The van der Waals surface area contributed by atoms with Crippen molar-refractivity contribution in [3.05, 3.63) is 28.7 Å². The largest absolute Gasteiger partial charge is 0.496 e. The molecule has 0 radical (unpaired) electrons. The van der Waals surface area contributed by atoms with Gasteiger partial charge >= 0.3 is 12.2 Å². The zero-order valence-electron chi connectivity index (χ0n) is 25.6. The number of aliphatic hydroxyl groups is 1. The van der Waals surface area contributed by atoms with E-state index in [0.717, 1.165) is 46.0 Å². The van der Waals surface area contributed by atoms with Crippen molar-refractivity contribution in [1.29, 1.82) is 0 Å². The van der Waals surface area contributed by atoms with E-state index in [-0.39, 0.29) is 12.5 Å². The van der Waals surface area contributed by atoms with Gasteiger partial charge in [0, 0.05) is 28.5 Å². The van der Waals surface area contributed by atoms with E-state index < -0.39 is 34.9 Å². The summed E-state index contributed by atoms with van der Waals surface area (Å²) in [5.74, 6) is 0.921. The lowest BCUT2D eigenvalue weighted by Crippen LogP contribution is -2.44. The summed E-state index contributed by atoms with van der Waals surface area (Å²) < 4.78 is 18.5. The Morgan fingerprint density at radius 2 is 1.71 bits per heavy atom. The van der Waals surface area contributed by atoms with E-state index >= 15 is 0 Å². The highest BCUT2D eigenvalue weighted by molar-refractivity contribution is 7.99. The molecule has 1 unspecified atom stereocenters. The van der Waals surface area contributed by atoms with Gasteiger partial charge in [0.15, 0.2) is 5.65 Å². The predicted molar refractivity (Wildman–Crippen MR) is 157 cm³/mol. The first-order chi connectivity index (χ1) is 19.5. The zero-order chi connectivity index (χ0) is 30.8. The first kappa shape index (κ1) is 30.0. The second-order valence-electron chi connectivity index (χ2n) is 12.9. The van der Waals surface area contributed by atoms with Gasteiger partial charge in [0.2, 0.25) is 5.95 Å². The van der Waals surface area contributed by atoms with Crippen LogP contribution in [0.5, 0.6) is 5.75 Å². The van der Waals surface area contributed by atoms with E-state index in [1.807, 2.05) is 13.8 Å². The number of nitrogens with zero attached hydrogens (tertiary/aromatic N) is 6. The number of amides is 2. The molecule has 1 spiro atoms. The molecule has 42 heavy (non-hydrogen) atoms. The molecule has 3 aromatic heterocycles. The van der Waals surface area contributed by atoms with Crippen LogP contribution in [0.3, 0.4) is 0 Å². The predicted octanol–water partition coefficient (Wildman–Crippen LogP) is 5.07. The lowest BCUT2D eigenvalue weighted by atomic mass is 9.94. The number of hydrogen-bond donors (Lipinski definition) is 1. The summed E-state index contributed by atoms with van der Waals surface area (Å²) >= 11 is 1.34. The maximum Gasteiger partial charge on any atom is 0.427 e. The van der Waals surface area contributed by atoms with Crippen LogP contribution >= 0.6 is 11.8 Å². The third-order valence-corrected chi connectivity index (χ3v) is 8.28. The van der Waals surface area contributed by atoms with E-state index in [9.17, 15) is 14.7 Å². The molecule has 1 atom stereocenters. The van der Waals surface area contributed by atoms with Crippen LogP contribution < -0.4 is 9.64 Å². The Balaban J connectivity index is 1.71. The standard InChI is InChI=1S/C29H38N6O6S/c1-15-12-30-17(16(2)20(15)39-9)13-34-22-19-21(33-34)29(10-11-29)18(36)14-42-23(19)32-24(31-22)35(25(37)40-27(3,4)5)26(38)41-28(6,7)8/h12,18,36H,10-11,13-14H2,1-9H3. The van der Waals surface area contributed by atoms with Crippen LogP contribution in [0, 0.1) is 13.8 Å². The number of pyridine rings is 1. The van der Waals surface area contributed by atoms with E-state index in [4.69, 9.17) is 24.3 Å². The number of aliphatic hydroxyl groups excluding tert-OH is 1. The van der Waals surface area contributed by atoms with Gasteiger partial charge in [-0.2, -0.15) is 10.1 Å². The Kier molecular flexibility index (Phi) is 7.41. The Labute approximate surface area is 249 Å². The van der Waals surface area contributed by atoms with Gasteiger partial charge in [-0.1, -0.05) is 0 Å². The molecule has 5 rings (SSSR count). The number of methoxy groups -OCH3 is 1. The number of ether oxygens (including phenoxy) is 3. The first-order valence-corrected chi connectivity index (χ1v) is 14.9. The third-order valence-electron chi connectivity index (χ3n) is 7.22. The average Bonchev–Trinajstić information content (AvgIpc) is 3.60. The van der Waals surface area contributed by atoms with Crippen molar-refractivity contribution in [3.8, 4) is 5.75 Å². The normalized spacial score (nSPS) is 17.6. The van der Waals surface area contributed by atoms with Gasteiger partial charge in [-0.25, -0.2) is 19.3 Å². The van der Waals surface area contributed by atoms with Gasteiger partial charge in [-0.05, 0) is 68.2 Å². The van der Waals surface area contributed by atoms with Crippen molar-refractivity contribution in [2.45, 2.75) is 103 Å². The summed E-state index contributed by atoms with van der Waals surface area (Å²) in [4.78, 5) is 41.6. The van der Waals surface area contributed by atoms with Gasteiger partial charge in [-0.3, -0.25) is 4.98 Å². The van der Waals surface area contributed by atoms with Crippen LogP contribution in [0.15, 0.2) is 11.2 Å². The van der Waals surface area contributed by atoms with Crippen molar-refractivity contribution < 1.29 is 28.9 Å². The molecule has 3 aromatic rings. The van der Waals surface area contributed by atoms with E-state index in [1.54, 1.807) is 59.5 Å². The number of carbonyl (C=O) groups is 2. The van der Waals surface area contributed by atoms with Gasteiger partial charge in [0.1, 0.15) is 22.0 Å². The van der Waals surface area contributed by atoms with Crippen LogP contribution in [0.1, 0.15) is 76.9 Å². The van der Waals surface area contributed by atoms with E-state index in [2.05, 4.69) is 9.97 Å². The maximum absolute atomic E-state index is 13.4. The molecule has 1 aliphatic heterocycles. The van der Waals surface area contributed by atoms with Crippen molar-refractivity contribution in [3.63, 3.8) is 0 Å². The minimum atomic E-state index is -0.965. The Morgan fingerprint density at radius 1 is 1.10 bits per heavy atom. The number of fused-ring (bicyclic) bond motifs is 1. The molecule has 1 N–H and O–H groups in total. The molecule has 13 heteroatoms. The summed E-state index contributed by atoms with van der Waals surface area (Å²) in [5, 5.41) is 17.3. The molecule has 1 saturated carbocycles. The fraction of sp³-hybridized carbons (Fsp3) is 0.586. The molecular formula is C29H38N6O6S. The first-order valence-electron chi connectivity index (χ1n) is 13.9. The molecule has 2 aliphatic rings. The topological polar surface area (TPSA) is 142 Å². The summed E-state index contributed by atoms with van der Waals surface area (Å²) in [5.41, 5.74) is 1.35. The van der Waals surface area contributed by atoms with Gasteiger partial charge in [0.05, 0.1) is 36.5 Å². The number of hydrogen-bond acceptors (Lipinski definition) is 11. The molecule has 4 heterocycles. The lowest BCUT2D eigenvalue weighted by molar-refractivity contribution is 0.0427. The van der Waals surface area contributed by atoms with Crippen LogP contribution in [-0.4, -0.2) is 72.2 Å². The quantitative estimate of drug-likeness (QED) is 0.402. The molecule has 226 valence electrons. The zero-order valence-corrected chi connectivity index (χ0v) is 26.4. The minimum absolute atomic E-state index is 0.200. The summed E-state index contributed by atoms with van der Waals surface area (Å²) in [7, 11) is 1.62. The van der Waals surface area contributed by atoms with Crippen LogP contribution in [0.2, 0.25) is 0 Å². The minimum Gasteiger partial charge on any atom is -0.496 e. The number of aryl methyl sites for hydroxylation is 1. The van der Waals surface area contributed by atoms with Crippen molar-refractivity contribution in [2.24, 2.45) is 0 Å². The van der Waals surface area contributed by atoms with Gasteiger partial charge < -0.3 is 19.3 Å². The van der Waals surface area contributed by atoms with Crippen LogP contribution in [0.25, 0.3) is 11.0 Å². The Morgan fingerprint density at radius 3 is 2.26 bits per heavy atom. The number of imide groups is 1. The number of carbonyl (C=O) groups excluding carboxylic acids is 2. The fourth-order valence-electron chi connectivity index (χ4n) is 5.10. The SMILES string of the molecule is COc1c(C)cnc(Cn2nc3c4c(nc(N(C(=O)OC(C)(C)C)C(=O)OC(C)(C)C)nc42)SCC(O)C32CC2)c1C. The smallest absolute Gasteiger partial charge is 0.427 e. The fourth-order valence-corrected chi connectivity index (χ4v) is 6.21. The summed E-state index contributed by atoms with van der Waals surface area (Å²) in [6.45, 7) is 14.3. The monoisotopic (exact) mass is 598 g/mol. The molecule has 1 fully saturated rings. The highest BCUT2D eigenvalue weighted by Crippen LogP contribution is 2.56. The van der Waals surface area contributed by atoms with Gasteiger partial charge in [0.25, 0.3) is 0 Å².